The Morgan fingerprint density at radius 1 is 1.35 bits per heavy atom. The van der Waals surface area contributed by atoms with Gasteiger partial charge in [0.05, 0.1) is 11.4 Å². The van der Waals surface area contributed by atoms with Gasteiger partial charge >= 0.3 is 5.97 Å². The van der Waals surface area contributed by atoms with Gasteiger partial charge in [-0.3, -0.25) is 19.3 Å². The van der Waals surface area contributed by atoms with Gasteiger partial charge in [-0.25, -0.2) is 0 Å². The molecule has 104 valence electrons. The molecule has 0 spiro atoms. The van der Waals surface area contributed by atoms with Crippen molar-refractivity contribution >= 4 is 35.1 Å². The molecule has 0 bridgehead atoms. The lowest BCUT2D eigenvalue weighted by Crippen LogP contribution is -2.29. The maximum Gasteiger partial charge on any atom is 0.305 e. The molecule has 2 rings (SSSR count). The van der Waals surface area contributed by atoms with Gasteiger partial charge in [0.2, 0.25) is 5.91 Å². The summed E-state index contributed by atoms with van der Waals surface area (Å²) in [6.45, 7) is 1.39. The third-order valence-electron chi connectivity index (χ3n) is 2.68. The highest BCUT2D eigenvalue weighted by molar-refractivity contribution is 8.05. The van der Waals surface area contributed by atoms with Crippen molar-refractivity contribution in [2.75, 3.05) is 4.90 Å². The number of ketones is 1. The first kappa shape index (κ1) is 14.3. The number of amides is 1. The molecule has 6 heteroatoms. The molecule has 1 fully saturated rings. The molecule has 0 radical (unpaired) electrons. The number of nitrogens with zero attached hydrogens (tertiary/aromatic N) is 1. The standard InChI is InChI=1S/C14H13NO4S/c1-9(16)7-12-15(10-5-3-2-4-6-10)14(19)11(20-12)8-13(17)18/h2-7,11H,8H2,1H3,(H,17,18)/t11-/m1/s1. The maximum absolute atomic E-state index is 12.3. The Labute approximate surface area is 120 Å². The number of thioether (sulfide) groups is 1. The lowest BCUT2D eigenvalue weighted by molar-refractivity contribution is -0.138. The van der Waals surface area contributed by atoms with Crippen molar-refractivity contribution in [3.63, 3.8) is 0 Å². The maximum atomic E-state index is 12.3. The summed E-state index contributed by atoms with van der Waals surface area (Å²) in [4.78, 5) is 35.8. The molecular formula is C14H13NO4S. The lowest BCUT2D eigenvalue weighted by atomic mass is 10.2. The number of allylic oxidation sites excluding steroid dienone is 1. The van der Waals surface area contributed by atoms with E-state index in [-0.39, 0.29) is 18.1 Å². The second kappa shape index (κ2) is 5.92. The van der Waals surface area contributed by atoms with Crippen molar-refractivity contribution in [3.05, 3.63) is 41.4 Å². The first-order valence-corrected chi connectivity index (χ1v) is 6.86. The van der Waals surface area contributed by atoms with Crippen molar-refractivity contribution in [3.8, 4) is 0 Å². The van der Waals surface area contributed by atoms with Crippen LogP contribution in [0.25, 0.3) is 0 Å². The highest BCUT2D eigenvalue weighted by Gasteiger charge is 2.38. The van der Waals surface area contributed by atoms with Gasteiger partial charge in [0, 0.05) is 11.8 Å². The average molecular weight is 291 g/mol. The monoisotopic (exact) mass is 291 g/mol. The summed E-state index contributed by atoms with van der Waals surface area (Å²) < 4.78 is 0. The molecule has 1 aliphatic heterocycles. The van der Waals surface area contributed by atoms with E-state index in [1.165, 1.54) is 17.9 Å². The molecule has 5 nitrogen and oxygen atoms in total. The fraction of sp³-hybridized carbons (Fsp3) is 0.214. The van der Waals surface area contributed by atoms with Crippen LogP contribution < -0.4 is 4.90 Å². The number of hydrogen-bond donors (Lipinski definition) is 1. The average Bonchev–Trinajstić information content (AvgIpc) is 2.65. The van der Waals surface area contributed by atoms with E-state index in [0.717, 1.165) is 11.8 Å². The number of aliphatic carboxylic acids is 1. The van der Waals surface area contributed by atoms with Crippen molar-refractivity contribution in [1.29, 1.82) is 0 Å². The number of benzene rings is 1. The predicted molar refractivity (Wildman–Crippen MR) is 76.3 cm³/mol. The molecule has 1 amide bonds. The van der Waals surface area contributed by atoms with E-state index in [1.807, 2.05) is 6.07 Å². The Bertz CT molecular complexity index is 582. The topological polar surface area (TPSA) is 74.7 Å². The van der Waals surface area contributed by atoms with Gasteiger partial charge in [-0.15, -0.1) is 0 Å². The summed E-state index contributed by atoms with van der Waals surface area (Å²) in [6, 6.07) is 8.87. The van der Waals surface area contributed by atoms with Crippen LogP contribution in [0.15, 0.2) is 41.4 Å². The van der Waals surface area contributed by atoms with Crippen LogP contribution in [0.3, 0.4) is 0 Å². The fourth-order valence-electron chi connectivity index (χ4n) is 1.89. The van der Waals surface area contributed by atoms with Crippen LogP contribution in [0.1, 0.15) is 13.3 Å². The largest absolute Gasteiger partial charge is 0.481 e. The quantitative estimate of drug-likeness (QED) is 0.859. The Hall–Kier alpha value is -2.08. The van der Waals surface area contributed by atoms with Crippen LogP contribution in [0.4, 0.5) is 5.69 Å². The number of hydrogen-bond acceptors (Lipinski definition) is 4. The minimum atomic E-state index is -1.03. The summed E-state index contributed by atoms with van der Waals surface area (Å²) in [5.74, 6) is -1.53. The van der Waals surface area contributed by atoms with Crippen LogP contribution >= 0.6 is 11.8 Å². The number of rotatable bonds is 4. The summed E-state index contributed by atoms with van der Waals surface area (Å²) in [7, 11) is 0. The molecule has 1 heterocycles. The second-order valence-electron chi connectivity index (χ2n) is 4.31. The Balaban J connectivity index is 2.37. The highest BCUT2D eigenvalue weighted by Crippen LogP contribution is 2.39. The predicted octanol–water partition coefficient (Wildman–Crippen LogP) is 2.04. The summed E-state index contributed by atoms with van der Waals surface area (Å²) in [5.41, 5.74) is 0.630. The molecule has 0 aliphatic carbocycles. The third-order valence-corrected chi connectivity index (χ3v) is 3.88. The third kappa shape index (κ3) is 3.08. The van der Waals surface area contributed by atoms with Crippen molar-refractivity contribution in [2.24, 2.45) is 0 Å². The highest BCUT2D eigenvalue weighted by atomic mass is 32.2. The van der Waals surface area contributed by atoms with E-state index in [4.69, 9.17) is 5.11 Å². The summed E-state index contributed by atoms with van der Waals surface area (Å²) in [5, 5.41) is 8.62. The molecule has 1 atom stereocenters. The molecule has 1 saturated heterocycles. The second-order valence-corrected chi connectivity index (χ2v) is 5.53. The molecule has 0 aromatic heterocycles. The molecule has 1 N–H and O–H groups in total. The fourth-order valence-corrected chi connectivity index (χ4v) is 3.15. The van der Waals surface area contributed by atoms with Gasteiger partial charge in [-0.1, -0.05) is 30.0 Å². The molecular weight excluding hydrogens is 278 g/mol. The van der Waals surface area contributed by atoms with Gasteiger partial charge in [-0.2, -0.15) is 0 Å². The molecule has 0 saturated carbocycles. The van der Waals surface area contributed by atoms with E-state index in [1.54, 1.807) is 24.3 Å². The minimum absolute atomic E-state index is 0.183. The zero-order valence-electron chi connectivity index (χ0n) is 10.8. The molecule has 1 aromatic rings. The van der Waals surface area contributed by atoms with E-state index >= 15 is 0 Å². The van der Waals surface area contributed by atoms with Gasteiger partial charge < -0.3 is 5.11 Å². The Morgan fingerprint density at radius 2 is 2.00 bits per heavy atom. The number of carboxylic acid groups (broad SMARTS) is 1. The lowest BCUT2D eigenvalue weighted by Gasteiger charge is -2.17. The van der Waals surface area contributed by atoms with Crippen LogP contribution in [0, 0.1) is 0 Å². The van der Waals surface area contributed by atoms with Gasteiger partial charge in [-0.05, 0) is 19.1 Å². The SMILES string of the molecule is CC(=O)C=C1S[C@H](CC(=O)O)C(=O)N1c1ccccc1. The van der Waals surface area contributed by atoms with Crippen LogP contribution in [0.2, 0.25) is 0 Å². The van der Waals surface area contributed by atoms with E-state index in [2.05, 4.69) is 0 Å². The molecule has 20 heavy (non-hydrogen) atoms. The van der Waals surface area contributed by atoms with Gasteiger partial charge in [0.1, 0.15) is 5.25 Å². The van der Waals surface area contributed by atoms with Crippen LogP contribution in [0.5, 0.6) is 0 Å². The Morgan fingerprint density at radius 3 is 2.55 bits per heavy atom. The number of anilines is 1. The minimum Gasteiger partial charge on any atom is -0.481 e. The first-order valence-electron chi connectivity index (χ1n) is 5.99. The number of carbonyl (C=O) groups is 3. The Kier molecular flexibility index (Phi) is 4.24. The van der Waals surface area contributed by atoms with Gasteiger partial charge in [0.25, 0.3) is 0 Å². The van der Waals surface area contributed by atoms with Crippen molar-refractivity contribution in [2.45, 2.75) is 18.6 Å². The molecule has 0 unspecified atom stereocenters. The number of para-hydroxylation sites is 1. The summed E-state index contributed by atoms with van der Waals surface area (Å²) in [6.07, 6.45) is 1.10. The summed E-state index contributed by atoms with van der Waals surface area (Å²) >= 11 is 1.11. The van der Waals surface area contributed by atoms with E-state index in [0.29, 0.717) is 10.7 Å². The van der Waals surface area contributed by atoms with Crippen LogP contribution in [-0.2, 0) is 14.4 Å². The van der Waals surface area contributed by atoms with E-state index < -0.39 is 11.2 Å². The molecule has 1 aromatic carbocycles. The van der Waals surface area contributed by atoms with Crippen molar-refractivity contribution < 1.29 is 19.5 Å². The first-order chi connectivity index (χ1) is 9.49. The number of carboxylic acids is 1. The normalized spacial score (nSPS) is 20.4. The zero-order valence-corrected chi connectivity index (χ0v) is 11.6. The van der Waals surface area contributed by atoms with Crippen molar-refractivity contribution in [1.82, 2.24) is 0 Å². The zero-order chi connectivity index (χ0) is 14.7. The van der Waals surface area contributed by atoms with Crippen LogP contribution in [-0.4, -0.2) is 28.0 Å². The molecule has 1 aliphatic rings. The smallest absolute Gasteiger partial charge is 0.305 e. The van der Waals surface area contributed by atoms with Gasteiger partial charge in [0.15, 0.2) is 5.78 Å². The number of carbonyl (C=O) groups excluding carboxylic acids is 2. The van der Waals surface area contributed by atoms with E-state index in [9.17, 15) is 14.4 Å².